The molecule has 14 heavy (non-hydrogen) atoms. The fraction of sp³-hybridized carbons (Fsp3) is 0.0769. The van der Waals surface area contributed by atoms with Crippen LogP contribution in [-0.4, -0.2) is 0 Å². The van der Waals surface area contributed by atoms with Crippen LogP contribution in [-0.2, 0) is 27.5 Å². The molecule has 0 N–H and O–H groups in total. The van der Waals surface area contributed by atoms with E-state index >= 15 is 0 Å². The van der Waals surface area contributed by atoms with Gasteiger partial charge in [-0.15, -0.1) is 0 Å². The maximum atomic E-state index is 3.20. The summed E-state index contributed by atoms with van der Waals surface area (Å²) in [5.41, 5.74) is 2.43. The normalized spacial score (nSPS) is 9.14. The van der Waals surface area contributed by atoms with Crippen LogP contribution in [0.1, 0.15) is 11.1 Å². The van der Waals surface area contributed by atoms with Crippen LogP contribution in [0.25, 0.3) is 0 Å². The molecule has 0 unspecified atom stereocenters. The molecule has 0 spiro atoms. The molecule has 0 heterocycles. The van der Waals surface area contributed by atoms with Gasteiger partial charge in [-0.2, -0.15) is 71.8 Å². The van der Waals surface area contributed by atoms with Crippen molar-refractivity contribution in [3.05, 3.63) is 71.8 Å². The van der Waals surface area contributed by atoms with Crippen LogP contribution in [0.5, 0.6) is 0 Å². The van der Waals surface area contributed by atoms with Crippen LogP contribution in [0.3, 0.4) is 0 Å². The van der Waals surface area contributed by atoms with Gasteiger partial charge in [0.25, 0.3) is 0 Å². The second-order valence-electron chi connectivity index (χ2n) is 2.95. The minimum atomic E-state index is 0. The molecule has 0 amide bonds. The molecule has 0 aliphatic carbocycles. The van der Waals surface area contributed by atoms with E-state index in [1.54, 1.807) is 0 Å². The van der Waals surface area contributed by atoms with Crippen molar-refractivity contribution in [2.24, 2.45) is 0 Å². The maximum Gasteiger partial charge on any atom is 2.00 e. The van der Waals surface area contributed by atoms with Gasteiger partial charge in [-0.1, -0.05) is 0 Å². The van der Waals surface area contributed by atoms with Crippen molar-refractivity contribution in [3.63, 3.8) is 0 Å². The molecule has 0 saturated carbocycles. The van der Waals surface area contributed by atoms with Gasteiger partial charge in [-0.3, -0.25) is 0 Å². The minimum absolute atomic E-state index is 0. The van der Waals surface area contributed by atoms with E-state index in [-0.39, 0.29) is 21.1 Å². The monoisotopic (exact) mass is 350 g/mol. The molecule has 0 aliphatic rings. The molecular weight excluding hydrogens is 340 g/mol. The summed E-state index contributed by atoms with van der Waals surface area (Å²) in [6.07, 6.45) is 0.918. The van der Waals surface area contributed by atoms with E-state index in [4.69, 9.17) is 0 Å². The Morgan fingerprint density at radius 1 is 0.786 bits per heavy atom. The van der Waals surface area contributed by atoms with Crippen molar-refractivity contribution in [3.8, 4) is 0 Å². The molecular formula is C13H10W. The maximum absolute atomic E-state index is 3.20. The van der Waals surface area contributed by atoms with Crippen molar-refractivity contribution in [2.45, 2.75) is 6.42 Å². The van der Waals surface area contributed by atoms with Gasteiger partial charge >= 0.3 is 21.1 Å². The van der Waals surface area contributed by atoms with Crippen molar-refractivity contribution >= 4 is 0 Å². The zero-order valence-electron chi connectivity index (χ0n) is 7.73. The average Bonchev–Trinajstić information content (AvgIpc) is 2.21. The summed E-state index contributed by atoms with van der Waals surface area (Å²) in [5.74, 6) is 0. The summed E-state index contributed by atoms with van der Waals surface area (Å²) in [7, 11) is 0. The van der Waals surface area contributed by atoms with Crippen LogP contribution in [0.15, 0.2) is 48.5 Å². The molecule has 68 valence electrons. The van der Waals surface area contributed by atoms with E-state index in [0.29, 0.717) is 0 Å². The van der Waals surface area contributed by atoms with Gasteiger partial charge in [0.2, 0.25) is 0 Å². The Labute approximate surface area is 99.2 Å². The Hall–Kier alpha value is -0.872. The number of benzene rings is 2. The molecule has 0 aromatic heterocycles. The summed E-state index contributed by atoms with van der Waals surface area (Å²) in [6.45, 7) is 0. The van der Waals surface area contributed by atoms with Crippen LogP contribution >= 0.6 is 0 Å². The summed E-state index contributed by atoms with van der Waals surface area (Å²) in [5, 5.41) is 0. The molecule has 0 saturated heterocycles. The third-order valence-electron chi connectivity index (χ3n) is 1.93. The zero-order chi connectivity index (χ0) is 8.93. The van der Waals surface area contributed by atoms with Crippen LogP contribution < -0.4 is 0 Å². The standard InChI is InChI=1S/C13H10.W/c1-3-7-12(8-4-1)11-13-9-5-2-6-10-13;/h1-7,9H,11H2;/q-2;+2. The molecule has 2 aromatic carbocycles. The van der Waals surface area contributed by atoms with E-state index in [9.17, 15) is 0 Å². The predicted octanol–water partition coefficient (Wildman–Crippen LogP) is 2.88. The van der Waals surface area contributed by atoms with Gasteiger partial charge < -0.3 is 0 Å². The first-order chi connectivity index (χ1) is 6.45. The summed E-state index contributed by atoms with van der Waals surface area (Å²) < 4.78 is 0. The molecule has 2 rings (SSSR count). The summed E-state index contributed by atoms with van der Waals surface area (Å²) >= 11 is 0. The van der Waals surface area contributed by atoms with Gasteiger partial charge in [0.15, 0.2) is 0 Å². The van der Waals surface area contributed by atoms with Crippen LogP contribution in [0, 0.1) is 12.1 Å². The first kappa shape index (κ1) is 11.2. The molecule has 0 radical (unpaired) electrons. The van der Waals surface area contributed by atoms with Crippen molar-refractivity contribution in [1.82, 2.24) is 0 Å². The topological polar surface area (TPSA) is 0 Å². The van der Waals surface area contributed by atoms with Crippen molar-refractivity contribution in [2.75, 3.05) is 0 Å². The zero-order valence-corrected chi connectivity index (χ0v) is 10.7. The third-order valence-corrected chi connectivity index (χ3v) is 1.93. The molecule has 0 bridgehead atoms. The first-order valence-corrected chi connectivity index (χ1v) is 4.36. The Kier molecular flexibility index (Phi) is 4.62. The second kappa shape index (κ2) is 5.77. The Morgan fingerprint density at radius 2 is 1.29 bits per heavy atom. The van der Waals surface area contributed by atoms with Gasteiger partial charge in [0, 0.05) is 0 Å². The van der Waals surface area contributed by atoms with E-state index in [1.165, 1.54) is 11.1 Å². The largest absolute Gasteiger partial charge is 2.00 e. The van der Waals surface area contributed by atoms with Gasteiger partial charge in [0.05, 0.1) is 0 Å². The van der Waals surface area contributed by atoms with Gasteiger partial charge in [-0.05, 0) is 6.42 Å². The Balaban J connectivity index is 0.000000980. The van der Waals surface area contributed by atoms with Gasteiger partial charge in [0.1, 0.15) is 0 Å². The fourth-order valence-corrected chi connectivity index (χ4v) is 1.29. The number of hydrogen-bond donors (Lipinski definition) is 0. The SMILES string of the molecule is [W+2].[c-]1ccccc1Cc1[c-]cccc1. The quantitative estimate of drug-likeness (QED) is 0.731. The molecule has 0 fully saturated rings. The molecule has 2 aromatic rings. The predicted molar refractivity (Wildman–Crippen MR) is 53.4 cm³/mol. The minimum Gasteiger partial charge on any atom is -0.180 e. The fourth-order valence-electron chi connectivity index (χ4n) is 1.29. The van der Waals surface area contributed by atoms with Crippen molar-refractivity contribution < 1.29 is 21.1 Å². The van der Waals surface area contributed by atoms with Crippen molar-refractivity contribution in [1.29, 1.82) is 0 Å². The smallest absolute Gasteiger partial charge is 0.180 e. The number of hydrogen-bond acceptors (Lipinski definition) is 0. The first-order valence-electron chi connectivity index (χ1n) is 4.36. The molecule has 0 nitrogen and oxygen atoms in total. The van der Waals surface area contributed by atoms with Crippen LogP contribution in [0.2, 0.25) is 0 Å². The molecule has 1 heteroatoms. The van der Waals surface area contributed by atoms with E-state index in [1.807, 2.05) is 36.4 Å². The second-order valence-corrected chi connectivity index (χ2v) is 2.95. The molecule has 0 atom stereocenters. The van der Waals surface area contributed by atoms with E-state index < -0.39 is 0 Å². The molecule has 0 aliphatic heterocycles. The summed E-state index contributed by atoms with van der Waals surface area (Å²) in [4.78, 5) is 0. The van der Waals surface area contributed by atoms with E-state index in [0.717, 1.165) is 6.42 Å². The number of rotatable bonds is 2. The third kappa shape index (κ3) is 3.12. The van der Waals surface area contributed by atoms with Gasteiger partial charge in [-0.25, -0.2) is 0 Å². The summed E-state index contributed by atoms with van der Waals surface area (Å²) in [6, 6.07) is 22.5. The average molecular weight is 350 g/mol. The van der Waals surface area contributed by atoms with Crippen LogP contribution in [0.4, 0.5) is 0 Å². The Morgan fingerprint density at radius 3 is 1.64 bits per heavy atom. The van der Waals surface area contributed by atoms with E-state index in [2.05, 4.69) is 24.3 Å². The Bertz CT molecular complexity index is 316.